The quantitative estimate of drug-likeness (QED) is 0.0507. The normalized spacial score (nSPS) is 15.8. The van der Waals surface area contributed by atoms with E-state index >= 15 is 0 Å². The average Bonchev–Trinajstić information content (AvgIpc) is 3.62. The number of fused-ring (bicyclic) bond motifs is 1. The van der Waals surface area contributed by atoms with Crippen molar-refractivity contribution in [1.82, 2.24) is 50.3 Å². The Morgan fingerprint density at radius 1 is 0.943 bits per heavy atom. The summed E-state index contributed by atoms with van der Waals surface area (Å²) in [6, 6.07) is 15.0. The van der Waals surface area contributed by atoms with Gasteiger partial charge in [0.1, 0.15) is 12.3 Å². The highest BCUT2D eigenvalue weighted by molar-refractivity contribution is 6.24. The number of halogens is 2. The van der Waals surface area contributed by atoms with Gasteiger partial charge in [0.15, 0.2) is 11.4 Å². The molecule has 1 saturated carbocycles. The summed E-state index contributed by atoms with van der Waals surface area (Å²) in [5.74, 6) is -1.82. The molecule has 3 N–H and O–H groups in total. The zero-order chi connectivity index (χ0) is 48.6. The van der Waals surface area contributed by atoms with Gasteiger partial charge in [0.25, 0.3) is 24.1 Å². The first kappa shape index (κ1) is 47.7. The highest BCUT2D eigenvalue weighted by Crippen LogP contribution is 2.34. The van der Waals surface area contributed by atoms with Crippen LogP contribution < -0.4 is 16.0 Å². The number of benzene rings is 2. The van der Waals surface area contributed by atoms with E-state index < -0.39 is 47.7 Å². The molecule has 0 radical (unpaired) electrons. The van der Waals surface area contributed by atoms with Crippen molar-refractivity contribution < 1.29 is 46.6 Å². The van der Waals surface area contributed by atoms with Crippen LogP contribution in [0.1, 0.15) is 104 Å². The maximum atomic E-state index is 14.1. The molecule has 9 rings (SSSR count). The molecule has 1 unspecified atom stereocenters. The maximum Gasteiger partial charge on any atom is 0.284 e. The number of alkyl halides is 2. The largest absolute Gasteiger partial charge is 0.444 e. The van der Waals surface area contributed by atoms with Crippen molar-refractivity contribution in [2.75, 3.05) is 38.3 Å². The minimum Gasteiger partial charge on any atom is -0.444 e. The van der Waals surface area contributed by atoms with E-state index in [1.165, 1.54) is 30.0 Å². The van der Waals surface area contributed by atoms with E-state index in [0.717, 1.165) is 40.6 Å². The number of piperidine rings is 1. The van der Waals surface area contributed by atoms with Crippen LogP contribution >= 0.6 is 0 Å². The topological polar surface area (TPSA) is 231 Å². The van der Waals surface area contributed by atoms with E-state index in [2.05, 4.69) is 41.3 Å². The molecule has 70 heavy (non-hydrogen) atoms. The van der Waals surface area contributed by atoms with Crippen molar-refractivity contribution in [2.24, 2.45) is 5.92 Å². The number of amides is 5. The van der Waals surface area contributed by atoms with Crippen LogP contribution in [-0.4, -0.2) is 108 Å². The molecule has 6 heterocycles. The molecule has 1 saturated heterocycles. The fraction of sp³-hybridized carbons (Fsp3) is 0.388. The second-order valence-corrected chi connectivity index (χ2v) is 17.3. The molecule has 1 atom stereocenters. The zero-order valence-corrected chi connectivity index (χ0v) is 38.2. The van der Waals surface area contributed by atoms with Gasteiger partial charge in [-0.25, -0.2) is 23.1 Å². The smallest absolute Gasteiger partial charge is 0.284 e. The van der Waals surface area contributed by atoms with Crippen LogP contribution in [0.3, 0.4) is 0 Å². The van der Waals surface area contributed by atoms with Gasteiger partial charge in [-0.1, -0.05) is 42.3 Å². The molecule has 19 nitrogen and oxygen atoms in total. The Morgan fingerprint density at radius 2 is 1.77 bits per heavy atom. The summed E-state index contributed by atoms with van der Waals surface area (Å²) < 4.78 is 48.3. The number of anilines is 1. The summed E-state index contributed by atoms with van der Waals surface area (Å²) in [6.07, 6.45) is 9.35. The molecular weight excluding hydrogens is 909 g/mol. The summed E-state index contributed by atoms with van der Waals surface area (Å²) in [5.41, 5.74) is 4.47. The molecule has 0 bridgehead atoms. The lowest BCUT2D eigenvalue weighted by molar-refractivity contribution is -0.136. The van der Waals surface area contributed by atoms with Gasteiger partial charge < -0.3 is 24.5 Å². The fourth-order valence-corrected chi connectivity index (χ4v) is 8.51. The predicted octanol–water partition coefficient (Wildman–Crippen LogP) is 5.45. The van der Waals surface area contributed by atoms with Gasteiger partial charge in [-0.15, -0.1) is 5.10 Å². The van der Waals surface area contributed by atoms with Crippen LogP contribution in [0.15, 0.2) is 83.9 Å². The van der Waals surface area contributed by atoms with Crippen LogP contribution in [0.2, 0.25) is 0 Å². The van der Waals surface area contributed by atoms with Crippen LogP contribution in [0.25, 0.3) is 17.1 Å². The number of hydrogen-bond donors (Lipinski definition) is 3. The van der Waals surface area contributed by atoms with Crippen LogP contribution in [0.4, 0.5) is 14.5 Å². The number of ether oxygens (including phenoxy) is 2. The van der Waals surface area contributed by atoms with Crippen molar-refractivity contribution in [3.8, 4) is 17.1 Å². The van der Waals surface area contributed by atoms with E-state index in [9.17, 15) is 32.8 Å². The number of carbonyl (C=O) groups is 5. The van der Waals surface area contributed by atoms with Gasteiger partial charge in [-0.05, 0) is 85.9 Å². The summed E-state index contributed by atoms with van der Waals surface area (Å²) in [6.45, 7) is 3.22. The second kappa shape index (κ2) is 21.9. The van der Waals surface area contributed by atoms with Crippen molar-refractivity contribution in [3.05, 3.63) is 124 Å². The van der Waals surface area contributed by atoms with E-state index in [1.54, 1.807) is 47.4 Å². The number of pyridine rings is 1. The number of nitrogens with zero attached hydrogens (tertiary/aromatic N) is 8. The molecule has 2 aromatic carbocycles. The lowest BCUT2D eigenvalue weighted by Gasteiger charge is -2.27. The number of imide groups is 2. The first-order chi connectivity index (χ1) is 34.1. The molecule has 6 aromatic rings. The Labute approximate surface area is 400 Å². The maximum absolute atomic E-state index is 14.1. The van der Waals surface area contributed by atoms with Crippen LogP contribution in [0, 0.1) is 5.92 Å². The number of carbonyl (C=O) groups excluding carboxylic acids is 5. The predicted molar refractivity (Wildman–Crippen MR) is 246 cm³/mol. The number of aromatic nitrogens is 7. The van der Waals surface area contributed by atoms with Gasteiger partial charge in [0.05, 0.1) is 73.6 Å². The Morgan fingerprint density at radius 3 is 2.57 bits per heavy atom. The standard InChI is InChI=1S/C49H51F2N11O8/c50-44(51)43-38(55-45(64)39-29-70-47(56-39)33-17-18-53-34(25-33)12-9-30-7-8-30)28-61(58-43)35-13-10-31(11-14-35)26-52-19-21-68-23-24-69-22-20-60-36(27-54-59-60)5-1-3-32-4-2-6-37-42(32)49(67)62(48(37)66)40-15-16-41(63)57-46(40)65/h2,4,6,10-11,13-14,17-18,25,27-30,40,44,52H,1,3,5,7-9,12,15-16,19-24,26H2,(H,55,64)(H,57,63,65). The lowest BCUT2D eigenvalue weighted by Crippen LogP contribution is -2.54. The zero-order valence-electron chi connectivity index (χ0n) is 38.2. The summed E-state index contributed by atoms with van der Waals surface area (Å²) in [5, 5.41) is 20.4. The molecule has 21 heteroatoms. The third-order valence-electron chi connectivity index (χ3n) is 12.4. The van der Waals surface area contributed by atoms with E-state index in [0.29, 0.717) is 87.7 Å². The minimum absolute atomic E-state index is 0.0584. The first-order valence-electron chi connectivity index (χ1n) is 23.4. The molecule has 3 aliphatic rings. The van der Waals surface area contributed by atoms with Crippen molar-refractivity contribution in [3.63, 3.8) is 0 Å². The number of rotatable bonds is 24. The van der Waals surface area contributed by atoms with Crippen LogP contribution in [0.5, 0.6) is 0 Å². The molecule has 364 valence electrons. The summed E-state index contributed by atoms with van der Waals surface area (Å²) >= 11 is 0. The number of oxazole rings is 1. The fourth-order valence-electron chi connectivity index (χ4n) is 8.51. The molecule has 0 spiro atoms. The Hall–Kier alpha value is -7.36. The van der Waals surface area contributed by atoms with Gasteiger partial charge in [0.2, 0.25) is 17.7 Å². The molecule has 4 aromatic heterocycles. The first-order valence-corrected chi connectivity index (χ1v) is 23.4. The van der Waals surface area contributed by atoms with E-state index in [1.807, 2.05) is 24.3 Å². The number of nitrogens with one attached hydrogen (secondary N) is 3. The van der Waals surface area contributed by atoms with Crippen molar-refractivity contribution >= 4 is 35.2 Å². The third-order valence-corrected chi connectivity index (χ3v) is 12.4. The second-order valence-electron chi connectivity index (χ2n) is 17.3. The monoisotopic (exact) mass is 959 g/mol. The van der Waals surface area contributed by atoms with Gasteiger partial charge in [-0.2, -0.15) is 5.10 Å². The third kappa shape index (κ3) is 11.4. The van der Waals surface area contributed by atoms with Gasteiger partial charge >= 0.3 is 0 Å². The molecule has 5 amide bonds. The van der Waals surface area contributed by atoms with Crippen molar-refractivity contribution in [1.29, 1.82) is 0 Å². The highest BCUT2D eigenvalue weighted by atomic mass is 19.3. The number of aryl methyl sites for hydroxylation is 3. The van der Waals surface area contributed by atoms with Crippen molar-refractivity contribution in [2.45, 2.75) is 83.3 Å². The molecule has 2 aliphatic heterocycles. The van der Waals surface area contributed by atoms with Gasteiger partial charge in [0, 0.05) is 37.0 Å². The molecule has 1 aliphatic carbocycles. The average molecular weight is 960 g/mol. The summed E-state index contributed by atoms with van der Waals surface area (Å²) in [7, 11) is 0. The van der Waals surface area contributed by atoms with E-state index in [4.69, 9.17) is 13.9 Å². The highest BCUT2D eigenvalue weighted by Gasteiger charge is 2.45. The Kier molecular flexibility index (Phi) is 14.9. The lowest BCUT2D eigenvalue weighted by atomic mass is 9.98. The number of hydrogen-bond acceptors (Lipinski definition) is 14. The SMILES string of the molecule is O=C1CCC(N2C(=O)c3cccc(CCCc4cnnn4CCOCCOCCNCc4ccc(-n5cc(NC(=O)c6coc(-c7ccnc(CCC8CC8)c7)n6)c(C(F)F)n5)cc4)c3C2=O)C(=O)N1. The molecular formula is C49H51F2N11O8. The Bertz CT molecular complexity index is 2860. The Balaban J connectivity index is 0.656. The van der Waals surface area contributed by atoms with Crippen LogP contribution in [-0.2, 0) is 51.4 Å². The van der Waals surface area contributed by atoms with Gasteiger partial charge in [-0.3, -0.25) is 39.2 Å². The van der Waals surface area contributed by atoms with E-state index in [-0.39, 0.29) is 35.7 Å². The minimum atomic E-state index is -2.94. The molecule has 2 fully saturated rings. The summed E-state index contributed by atoms with van der Waals surface area (Å²) in [4.78, 5) is 73.5.